The zero-order valence-electron chi connectivity index (χ0n) is 16.2. The summed E-state index contributed by atoms with van der Waals surface area (Å²) in [7, 11) is -0.568. The number of benzene rings is 2. The van der Waals surface area contributed by atoms with Gasteiger partial charge in [0.15, 0.2) is 11.5 Å². The molecule has 2 aromatic carbocycles. The molecule has 1 N–H and O–H groups in total. The summed E-state index contributed by atoms with van der Waals surface area (Å²) in [6, 6.07) is 10.1. The van der Waals surface area contributed by atoms with Gasteiger partial charge in [-0.1, -0.05) is 35.3 Å². The van der Waals surface area contributed by atoms with Crippen molar-refractivity contribution in [3.8, 4) is 11.5 Å². The first-order chi connectivity index (χ1) is 13.6. The molecule has 0 unspecified atom stereocenters. The molecule has 2 aromatic rings. The van der Waals surface area contributed by atoms with Crippen LogP contribution in [0.1, 0.15) is 11.1 Å². The van der Waals surface area contributed by atoms with Gasteiger partial charge in [-0.3, -0.25) is 4.79 Å². The van der Waals surface area contributed by atoms with E-state index in [2.05, 4.69) is 5.32 Å². The number of hydrogen-bond donors (Lipinski definition) is 1. The highest BCUT2D eigenvalue weighted by atomic mass is 35.5. The minimum atomic E-state index is -3.62. The molecule has 10 heteroatoms. The molecule has 7 nitrogen and oxygen atoms in total. The van der Waals surface area contributed by atoms with Gasteiger partial charge in [0.05, 0.1) is 37.1 Å². The molecule has 29 heavy (non-hydrogen) atoms. The molecular weight excluding hydrogens is 439 g/mol. The Balaban J connectivity index is 2.04. The SMILES string of the molecule is COc1ccc(CNC(=O)CN(Cc2ccc(Cl)c(Cl)c2)S(C)(=O)=O)cc1OC. The average molecular weight is 461 g/mol. The lowest BCUT2D eigenvalue weighted by molar-refractivity contribution is -0.121. The molecule has 0 aliphatic rings. The van der Waals surface area contributed by atoms with Gasteiger partial charge in [-0.25, -0.2) is 8.42 Å². The second-order valence-electron chi connectivity index (χ2n) is 6.25. The van der Waals surface area contributed by atoms with E-state index in [0.29, 0.717) is 27.1 Å². The van der Waals surface area contributed by atoms with Crippen molar-refractivity contribution < 1.29 is 22.7 Å². The van der Waals surface area contributed by atoms with Crippen LogP contribution < -0.4 is 14.8 Å². The number of sulfonamides is 1. The molecule has 0 saturated carbocycles. The van der Waals surface area contributed by atoms with E-state index in [0.717, 1.165) is 16.1 Å². The van der Waals surface area contributed by atoms with Crippen LogP contribution in [-0.4, -0.2) is 45.7 Å². The second-order valence-corrected chi connectivity index (χ2v) is 9.04. The van der Waals surface area contributed by atoms with Gasteiger partial charge in [-0.2, -0.15) is 4.31 Å². The molecule has 0 aliphatic carbocycles. The van der Waals surface area contributed by atoms with Gasteiger partial charge in [-0.15, -0.1) is 0 Å². The van der Waals surface area contributed by atoms with E-state index in [9.17, 15) is 13.2 Å². The molecule has 0 aliphatic heterocycles. The highest BCUT2D eigenvalue weighted by Crippen LogP contribution is 2.27. The Hall–Kier alpha value is -2.00. The molecule has 1 amide bonds. The summed E-state index contributed by atoms with van der Waals surface area (Å²) >= 11 is 11.9. The van der Waals surface area contributed by atoms with Crippen LogP contribution in [0.3, 0.4) is 0 Å². The Labute approximate surface area is 180 Å². The normalized spacial score (nSPS) is 11.4. The fourth-order valence-corrected chi connectivity index (χ4v) is 3.60. The molecule has 2 rings (SSSR count). The molecular formula is C19H22Cl2N2O5S. The summed E-state index contributed by atoms with van der Waals surface area (Å²) in [4.78, 5) is 12.3. The number of nitrogens with one attached hydrogen (secondary N) is 1. The molecule has 0 heterocycles. The first-order valence-corrected chi connectivity index (χ1v) is 11.1. The fourth-order valence-electron chi connectivity index (χ4n) is 2.54. The Morgan fingerprint density at radius 3 is 2.24 bits per heavy atom. The van der Waals surface area contributed by atoms with Gasteiger partial charge < -0.3 is 14.8 Å². The number of rotatable bonds is 9. The summed E-state index contributed by atoms with van der Waals surface area (Å²) in [5, 5.41) is 3.39. The van der Waals surface area contributed by atoms with Crippen molar-refractivity contribution in [1.82, 2.24) is 9.62 Å². The van der Waals surface area contributed by atoms with Crippen molar-refractivity contribution in [3.63, 3.8) is 0 Å². The first kappa shape index (κ1) is 23.3. The van der Waals surface area contributed by atoms with Crippen molar-refractivity contribution >= 4 is 39.1 Å². The maximum atomic E-state index is 12.3. The van der Waals surface area contributed by atoms with E-state index < -0.39 is 15.9 Å². The summed E-state index contributed by atoms with van der Waals surface area (Å²) in [6.07, 6.45) is 1.05. The second kappa shape index (κ2) is 10.2. The lowest BCUT2D eigenvalue weighted by Crippen LogP contribution is -2.39. The molecule has 158 valence electrons. The third-order valence-electron chi connectivity index (χ3n) is 4.07. The molecule has 0 saturated heterocycles. The molecule has 0 bridgehead atoms. The largest absolute Gasteiger partial charge is 0.493 e. The number of halogens is 2. The molecule has 0 aromatic heterocycles. The Morgan fingerprint density at radius 1 is 1.00 bits per heavy atom. The molecule has 0 atom stereocenters. The van der Waals surface area contributed by atoms with Crippen molar-refractivity contribution in [2.75, 3.05) is 27.0 Å². The number of amides is 1. The monoisotopic (exact) mass is 460 g/mol. The van der Waals surface area contributed by atoms with E-state index >= 15 is 0 Å². The van der Waals surface area contributed by atoms with Gasteiger partial charge >= 0.3 is 0 Å². The number of methoxy groups -OCH3 is 2. The average Bonchev–Trinajstić information content (AvgIpc) is 2.67. The smallest absolute Gasteiger partial charge is 0.235 e. The molecule has 0 radical (unpaired) electrons. The van der Waals surface area contributed by atoms with Crippen molar-refractivity contribution in [1.29, 1.82) is 0 Å². The van der Waals surface area contributed by atoms with Gasteiger partial charge in [0.2, 0.25) is 15.9 Å². The lowest BCUT2D eigenvalue weighted by Gasteiger charge is -2.20. The summed E-state index contributed by atoms with van der Waals surface area (Å²) in [6.45, 7) is -0.116. The van der Waals surface area contributed by atoms with Crippen LogP contribution in [0.5, 0.6) is 11.5 Å². The summed E-state index contributed by atoms with van der Waals surface area (Å²) < 4.78 is 35.7. The topological polar surface area (TPSA) is 84.9 Å². The zero-order chi connectivity index (χ0) is 21.6. The van der Waals surface area contributed by atoms with Crippen molar-refractivity contribution in [3.05, 3.63) is 57.6 Å². The van der Waals surface area contributed by atoms with Crippen LogP contribution >= 0.6 is 23.2 Å². The van der Waals surface area contributed by atoms with Gasteiger partial charge in [-0.05, 0) is 35.4 Å². The van der Waals surface area contributed by atoms with Gasteiger partial charge in [0.1, 0.15) is 0 Å². The predicted octanol–water partition coefficient (Wildman–Crippen LogP) is 3.09. The van der Waals surface area contributed by atoms with E-state index in [4.69, 9.17) is 32.7 Å². The third kappa shape index (κ3) is 6.78. The lowest BCUT2D eigenvalue weighted by atomic mass is 10.2. The zero-order valence-corrected chi connectivity index (χ0v) is 18.6. The van der Waals surface area contributed by atoms with Crippen LogP contribution in [0, 0.1) is 0 Å². The minimum absolute atomic E-state index is 0.000495. The third-order valence-corrected chi connectivity index (χ3v) is 6.00. The number of hydrogen-bond acceptors (Lipinski definition) is 5. The van der Waals surface area contributed by atoms with Gasteiger partial charge in [0.25, 0.3) is 0 Å². The minimum Gasteiger partial charge on any atom is -0.493 e. The Bertz CT molecular complexity index is 983. The van der Waals surface area contributed by atoms with Crippen LogP contribution in [0.15, 0.2) is 36.4 Å². The van der Waals surface area contributed by atoms with Crippen LogP contribution in [0.4, 0.5) is 0 Å². The maximum absolute atomic E-state index is 12.3. The van der Waals surface area contributed by atoms with Crippen molar-refractivity contribution in [2.45, 2.75) is 13.1 Å². The number of carbonyl (C=O) groups is 1. The highest BCUT2D eigenvalue weighted by Gasteiger charge is 2.21. The van der Waals surface area contributed by atoms with Crippen LogP contribution in [-0.2, 0) is 27.9 Å². The quantitative estimate of drug-likeness (QED) is 0.621. The van der Waals surface area contributed by atoms with Crippen molar-refractivity contribution in [2.24, 2.45) is 0 Å². The molecule has 0 spiro atoms. The first-order valence-electron chi connectivity index (χ1n) is 8.50. The van der Waals surface area contributed by atoms with E-state index in [1.54, 1.807) is 36.4 Å². The van der Waals surface area contributed by atoms with Crippen LogP contribution in [0.25, 0.3) is 0 Å². The number of nitrogens with zero attached hydrogens (tertiary/aromatic N) is 1. The van der Waals surface area contributed by atoms with Crippen LogP contribution in [0.2, 0.25) is 10.0 Å². The van der Waals surface area contributed by atoms with E-state index in [1.165, 1.54) is 14.2 Å². The summed E-state index contributed by atoms with van der Waals surface area (Å²) in [5.74, 6) is 0.675. The standard InChI is InChI=1S/C19H22Cl2N2O5S/c1-27-17-7-5-13(9-18(17)28-2)10-22-19(24)12-23(29(3,25)26)11-14-4-6-15(20)16(21)8-14/h4-9H,10-12H2,1-3H3,(H,22,24). The molecule has 0 fully saturated rings. The highest BCUT2D eigenvalue weighted by molar-refractivity contribution is 7.88. The maximum Gasteiger partial charge on any atom is 0.235 e. The number of carbonyl (C=O) groups excluding carboxylic acids is 1. The fraction of sp³-hybridized carbons (Fsp3) is 0.316. The number of ether oxygens (including phenoxy) is 2. The Morgan fingerprint density at radius 2 is 1.66 bits per heavy atom. The Kier molecular flexibility index (Phi) is 8.15. The van der Waals surface area contributed by atoms with E-state index in [1.807, 2.05) is 0 Å². The predicted molar refractivity (Wildman–Crippen MR) is 113 cm³/mol. The van der Waals surface area contributed by atoms with Gasteiger partial charge in [0, 0.05) is 13.1 Å². The summed E-state index contributed by atoms with van der Waals surface area (Å²) in [5.41, 5.74) is 1.41. The van der Waals surface area contributed by atoms with E-state index in [-0.39, 0.29) is 19.6 Å².